The van der Waals surface area contributed by atoms with E-state index in [0.717, 1.165) is 38.9 Å². The molecule has 2 rings (SSSR count). The van der Waals surface area contributed by atoms with Crippen LogP contribution in [0.4, 0.5) is 0 Å². The van der Waals surface area contributed by atoms with Gasteiger partial charge in [-0.2, -0.15) is 5.26 Å². The zero-order chi connectivity index (χ0) is 12.1. The molecule has 0 amide bonds. The maximum atomic E-state index is 9.08. The molecular formula is C15H20N2. The lowest BCUT2D eigenvalue weighted by molar-refractivity contribution is 0.158. The number of hydrogen-bond acceptors (Lipinski definition) is 2. The lowest BCUT2D eigenvalue weighted by atomic mass is 9.82. The predicted molar refractivity (Wildman–Crippen MR) is 69.5 cm³/mol. The van der Waals surface area contributed by atoms with Crippen LogP contribution in [-0.4, -0.2) is 24.5 Å². The Morgan fingerprint density at radius 2 is 1.88 bits per heavy atom. The molecule has 1 heterocycles. The van der Waals surface area contributed by atoms with E-state index >= 15 is 0 Å². The van der Waals surface area contributed by atoms with Crippen LogP contribution < -0.4 is 0 Å². The highest BCUT2D eigenvalue weighted by molar-refractivity contribution is 5.15. The molecule has 1 aromatic carbocycles. The monoisotopic (exact) mass is 228 g/mol. The van der Waals surface area contributed by atoms with E-state index in [-0.39, 0.29) is 5.41 Å². The zero-order valence-electron chi connectivity index (χ0n) is 10.5. The molecular weight excluding hydrogens is 208 g/mol. The molecule has 17 heavy (non-hydrogen) atoms. The summed E-state index contributed by atoms with van der Waals surface area (Å²) >= 11 is 0. The lowest BCUT2D eigenvalue weighted by Gasteiger charge is -2.34. The molecule has 0 aromatic heterocycles. The first-order valence-electron chi connectivity index (χ1n) is 6.39. The molecule has 0 atom stereocenters. The summed E-state index contributed by atoms with van der Waals surface area (Å²) in [5.74, 6) is 0. The first-order valence-corrected chi connectivity index (χ1v) is 6.39. The summed E-state index contributed by atoms with van der Waals surface area (Å²) in [5, 5.41) is 9.08. The Bertz CT molecular complexity index is 383. The molecule has 0 saturated carbocycles. The summed E-state index contributed by atoms with van der Waals surface area (Å²) in [6.07, 6.45) is 3.14. The minimum atomic E-state index is -0.0801. The molecule has 0 bridgehead atoms. The summed E-state index contributed by atoms with van der Waals surface area (Å²) in [4.78, 5) is 2.48. The highest BCUT2D eigenvalue weighted by atomic mass is 15.1. The SMILES string of the molecule is CC1(C#N)CCN(CCc2ccccc2)CC1. The van der Waals surface area contributed by atoms with Crippen molar-refractivity contribution in [2.24, 2.45) is 5.41 Å². The second-order valence-electron chi connectivity index (χ2n) is 5.25. The number of rotatable bonds is 3. The first kappa shape index (κ1) is 12.1. The standard InChI is InChI=1S/C15H20N2/c1-15(13-16)8-11-17(12-9-15)10-7-14-5-3-2-4-6-14/h2-6H,7-12H2,1H3. The number of benzene rings is 1. The molecule has 1 aliphatic rings. The van der Waals surface area contributed by atoms with Gasteiger partial charge in [0.15, 0.2) is 0 Å². The van der Waals surface area contributed by atoms with Gasteiger partial charge in [-0.25, -0.2) is 0 Å². The van der Waals surface area contributed by atoms with Crippen LogP contribution in [0, 0.1) is 16.7 Å². The van der Waals surface area contributed by atoms with E-state index in [2.05, 4.69) is 48.2 Å². The van der Waals surface area contributed by atoms with E-state index in [1.807, 2.05) is 0 Å². The number of hydrogen-bond donors (Lipinski definition) is 0. The van der Waals surface area contributed by atoms with E-state index in [4.69, 9.17) is 5.26 Å². The average Bonchev–Trinajstić information content (AvgIpc) is 2.39. The quantitative estimate of drug-likeness (QED) is 0.795. The van der Waals surface area contributed by atoms with Crippen LogP contribution in [0.25, 0.3) is 0 Å². The van der Waals surface area contributed by atoms with Crippen LogP contribution in [0.15, 0.2) is 30.3 Å². The van der Waals surface area contributed by atoms with Crippen molar-refractivity contribution in [3.05, 3.63) is 35.9 Å². The van der Waals surface area contributed by atoms with Gasteiger partial charge in [0.2, 0.25) is 0 Å². The Kier molecular flexibility index (Phi) is 3.81. The van der Waals surface area contributed by atoms with E-state index < -0.39 is 0 Å². The number of nitrogens with zero attached hydrogens (tertiary/aromatic N) is 2. The molecule has 0 radical (unpaired) electrons. The fraction of sp³-hybridized carbons (Fsp3) is 0.533. The summed E-state index contributed by atoms with van der Waals surface area (Å²) in [7, 11) is 0. The molecule has 0 spiro atoms. The largest absolute Gasteiger partial charge is 0.303 e. The van der Waals surface area contributed by atoms with Crippen LogP contribution in [0.1, 0.15) is 25.3 Å². The molecule has 90 valence electrons. The maximum Gasteiger partial charge on any atom is 0.0687 e. The first-order chi connectivity index (χ1) is 8.22. The van der Waals surface area contributed by atoms with Crippen LogP contribution >= 0.6 is 0 Å². The van der Waals surface area contributed by atoms with Gasteiger partial charge in [0.05, 0.1) is 11.5 Å². The molecule has 0 N–H and O–H groups in total. The molecule has 1 aromatic rings. The third-order valence-electron chi connectivity index (χ3n) is 3.79. The Labute approximate surface area is 104 Å². The number of likely N-dealkylation sites (tertiary alicyclic amines) is 1. The van der Waals surface area contributed by atoms with Crippen molar-refractivity contribution in [1.29, 1.82) is 5.26 Å². The third kappa shape index (κ3) is 3.31. The van der Waals surface area contributed by atoms with Crippen molar-refractivity contribution in [2.45, 2.75) is 26.2 Å². The van der Waals surface area contributed by atoms with Crippen LogP contribution in [0.2, 0.25) is 0 Å². The van der Waals surface area contributed by atoms with Gasteiger partial charge in [-0.1, -0.05) is 30.3 Å². The fourth-order valence-corrected chi connectivity index (χ4v) is 2.31. The predicted octanol–water partition coefficient (Wildman–Crippen LogP) is 2.85. The zero-order valence-corrected chi connectivity index (χ0v) is 10.5. The van der Waals surface area contributed by atoms with Gasteiger partial charge in [-0.3, -0.25) is 0 Å². The Balaban J connectivity index is 1.78. The fourth-order valence-electron chi connectivity index (χ4n) is 2.31. The van der Waals surface area contributed by atoms with E-state index in [9.17, 15) is 0 Å². The van der Waals surface area contributed by atoms with E-state index in [1.54, 1.807) is 0 Å². The van der Waals surface area contributed by atoms with Gasteiger partial charge >= 0.3 is 0 Å². The van der Waals surface area contributed by atoms with Gasteiger partial charge in [-0.05, 0) is 44.8 Å². The second-order valence-corrected chi connectivity index (χ2v) is 5.25. The highest BCUT2D eigenvalue weighted by Crippen LogP contribution is 2.29. The molecule has 1 saturated heterocycles. The van der Waals surface area contributed by atoms with E-state index in [0.29, 0.717) is 0 Å². The van der Waals surface area contributed by atoms with Crippen molar-refractivity contribution in [3.63, 3.8) is 0 Å². The molecule has 2 heteroatoms. The number of piperidine rings is 1. The molecule has 0 unspecified atom stereocenters. The average molecular weight is 228 g/mol. The van der Waals surface area contributed by atoms with Gasteiger partial charge < -0.3 is 4.90 Å². The van der Waals surface area contributed by atoms with E-state index in [1.165, 1.54) is 5.56 Å². The van der Waals surface area contributed by atoms with Crippen molar-refractivity contribution in [2.75, 3.05) is 19.6 Å². The Morgan fingerprint density at radius 1 is 1.24 bits per heavy atom. The normalized spacial score (nSPS) is 19.8. The molecule has 2 nitrogen and oxygen atoms in total. The third-order valence-corrected chi connectivity index (χ3v) is 3.79. The Hall–Kier alpha value is -1.33. The second kappa shape index (κ2) is 5.33. The summed E-state index contributed by atoms with van der Waals surface area (Å²) < 4.78 is 0. The smallest absolute Gasteiger partial charge is 0.0687 e. The van der Waals surface area contributed by atoms with Gasteiger partial charge in [0, 0.05) is 6.54 Å². The molecule has 0 aliphatic carbocycles. The summed E-state index contributed by atoms with van der Waals surface area (Å²) in [5.41, 5.74) is 1.32. The minimum Gasteiger partial charge on any atom is -0.303 e. The van der Waals surface area contributed by atoms with Crippen LogP contribution in [0.5, 0.6) is 0 Å². The van der Waals surface area contributed by atoms with Gasteiger partial charge in [0.1, 0.15) is 0 Å². The molecule has 1 fully saturated rings. The van der Waals surface area contributed by atoms with Crippen molar-refractivity contribution in [1.82, 2.24) is 4.90 Å². The van der Waals surface area contributed by atoms with Gasteiger partial charge in [-0.15, -0.1) is 0 Å². The maximum absolute atomic E-state index is 9.08. The van der Waals surface area contributed by atoms with Gasteiger partial charge in [0.25, 0.3) is 0 Å². The van der Waals surface area contributed by atoms with Crippen molar-refractivity contribution < 1.29 is 0 Å². The minimum absolute atomic E-state index is 0.0801. The summed E-state index contributed by atoms with van der Waals surface area (Å²) in [6.45, 7) is 5.33. The van der Waals surface area contributed by atoms with Crippen molar-refractivity contribution >= 4 is 0 Å². The highest BCUT2D eigenvalue weighted by Gasteiger charge is 2.29. The topological polar surface area (TPSA) is 27.0 Å². The van der Waals surface area contributed by atoms with Crippen molar-refractivity contribution in [3.8, 4) is 6.07 Å². The molecule has 1 aliphatic heterocycles. The van der Waals surface area contributed by atoms with Crippen LogP contribution in [0.3, 0.4) is 0 Å². The summed E-state index contributed by atoms with van der Waals surface area (Å²) in [6, 6.07) is 13.1. The Morgan fingerprint density at radius 3 is 2.47 bits per heavy atom. The number of nitriles is 1. The lowest BCUT2D eigenvalue weighted by Crippen LogP contribution is -2.39. The van der Waals surface area contributed by atoms with Crippen LogP contribution in [-0.2, 0) is 6.42 Å².